The predicted molar refractivity (Wildman–Crippen MR) is 134 cm³/mol. The Balaban J connectivity index is 2.06. The van der Waals surface area contributed by atoms with E-state index in [2.05, 4.69) is 135 Å². The molecule has 0 aliphatic heterocycles. The molecule has 0 aliphatic rings. The van der Waals surface area contributed by atoms with Crippen LogP contribution in [-0.4, -0.2) is 8.07 Å². The van der Waals surface area contributed by atoms with Crippen LogP contribution in [0.5, 0.6) is 0 Å². The van der Waals surface area contributed by atoms with Crippen LogP contribution in [0.4, 0.5) is 0 Å². The summed E-state index contributed by atoms with van der Waals surface area (Å²) in [6, 6.07) is 42.8. The fraction of sp³-hybridized carbons (Fsp3) is 0.111. The highest BCUT2D eigenvalue weighted by molar-refractivity contribution is 8.01. The van der Waals surface area contributed by atoms with Crippen LogP contribution in [0.2, 0.25) is 19.6 Å². The molecule has 29 heavy (non-hydrogen) atoms. The molecule has 0 saturated carbocycles. The van der Waals surface area contributed by atoms with Gasteiger partial charge in [0.1, 0.15) is 28.5 Å². The molecule has 0 radical (unpaired) electrons. The smallest absolute Gasteiger partial charge is 0.0656 e. The Morgan fingerprint density at radius 1 is 0.414 bits per heavy atom. The van der Waals surface area contributed by atoms with E-state index in [-0.39, 0.29) is 0 Å². The van der Waals surface area contributed by atoms with E-state index >= 15 is 0 Å². The van der Waals surface area contributed by atoms with Crippen molar-refractivity contribution < 1.29 is 0 Å². The second-order valence-corrected chi connectivity index (χ2v) is 17.0. The summed E-state index contributed by atoms with van der Waals surface area (Å²) in [4.78, 5) is 0. The van der Waals surface area contributed by atoms with Gasteiger partial charge in [-0.05, 0) is 48.5 Å². The first kappa shape index (κ1) is 19.8. The lowest BCUT2D eigenvalue weighted by molar-refractivity contribution is 1.69. The van der Waals surface area contributed by atoms with E-state index in [4.69, 9.17) is 0 Å². The Morgan fingerprint density at radius 2 is 0.724 bits per heavy atom. The van der Waals surface area contributed by atoms with E-state index in [1.54, 1.807) is 0 Å². The molecule has 0 N–H and O–H groups in total. The van der Waals surface area contributed by atoms with E-state index in [1.165, 1.54) is 26.4 Å². The molecule has 144 valence electrons. The molecule has 4 aromatic rings. The summed E-state index contributed by atoms with van der Waals surface area (Å²) in [5.41, 5.74) is 0. The normalized spacial score (nSPS) is 12.0. The molecule has 0 aliphatic carbocycles. The lowest BCUT2D eigenvalue weighted by Crippen LogP contribution is -2.41. The minimum absolute atomic E-state index is 1.34. The van der Waals surface area contributed by atoms with E-state index in [0.29, 0.717) is 0 Å². The number of hydrogen-bond donors (Lipinski definition) is 0. The van der Waals surface area contributed by atoms with Crippen molar-refractivity contribution in [3.8, 4) is 0 Å². The van der Waals surface area contributed by atoms with Gasteiger partial charge in [-0.2, -0.15) is 0 Å². The van der Waals surface area contributed by atoms with E-state index in [9.17, 15) is 0 Å². The quantitative estimate of drug-likeness (QED) is 0.325. The molecule has 0 nitrogen and oxygen atoms in total. The van der Waals surface area contributed by atoms with Gasteiger partial charge in [-0.3, -0.25) is 0 Å². The van der Waals surface area contributed by atoms with Gasteiger partial charge >= 0.3 is 0 Å². The molecule has 0 fully saturated rings. The average molecular weight is 412 g/mol. The number of rotatable bonds is 5. The zero-order valence-electron chi connectivity index (χ0n) is 17.4. The lowest BCUT2D eigenvalue weighted by atomic mass is 10.3. The third-order valence-corrected chi connectivity index (χ3v) is 11.9. The van der Waals surface area contributed by atoms with E-state index < -0.39 is 15.3 Å². The standard InChI is InChI=1S/C27H28PSi/c1-29(2,3)27-21-19-26(20-22-27)28(23-13-7-4-8-14-23,24-15-9-5-10-16-24)25-17-11-6-12-18-25/h4-22H,1-3H3/q+1. The van der Waals surface area contributed by atoms with Gasteiger partial charge in [0.2, 0.25) is 0 Å². The molecule has 0 bridgehead atoms. The summed E-state index contributed by atoms with van der Waals surface area (Å²) in [6.45, 7) is 7.24. The van der Waals surface area contributed by atoms with Gasteiger partial charge in [0.15, 0.2) is 0 Å². The van der Waals surface area contributed by atoms with Gasteiger partial charge < -0.3 is 0 Å². The average Bonchev–Trinajstić information content (AvgIpc) is 2.76. The minimum atomic E-state index is -1.96. The van der Waals surface area contributed by atoms with Gasteiger partial charge in [0.25, 0.3) is 0 Å². The van der Waals surface area contributed by atoms with Gasteiger partial charge in [0, 0.05) is 0 Å². The first-order chi connectivity index (χ1) is 14.0. The van der Waals surface area contributed by atoms with Crippen LogP contribution in [0.3, 0.4) is 0 Å². The van der Waals surface area contributed by atoms with Crippen molar-refractivity contribution in [3.05, 3.63) is 115 Å². The number of hydrogen-bond acceptors (Lipinski definition) is 0. The minimum Gasteiger partial charge on any atom is -0.0656 e. The Labute approximate surface area is 176 Å². The maximum absolute atomic E-state index is 2.41. The van der Waals surface area contributed by atoms with Crippen LogP contribution in [0.1, 0.15) is 0 Å². The Morgan fingerprint density at radius 3 is 1.03 bits per heavy atom. The maximum atomic E-state index is 2.41. The van der Waals surface area contributed by atoms with E-state index in [0.717, 1.165) is 0 Å². The molecule has 0 amide bonds. The Kier molecular flexibility index (Phi) is 5.54. The molecule has 2 heteroatoms. The third-order valence-electron chi connectivity index (χ3n) is 5.55. The zero-order chi connectivity index (χ0) is 20.3. The van der Waals surface area contributed by atoms with Crippen molar-refractivity contribution in [2.45, 2.75) is 19.6 Å². The second-order valence-electron chi connectivity index (χ2n) is 8.47. The van der Waals surface area contributed by atoms with Crippen molar-refractivity contribution >= 4 is 41.7 Å². The van der Waals surface area contributed by atoms with Crippen LogP contribution in [0, 0.1) is 0 Å². The van der Waals surface area contributed by atoms with Gasteiger partial charge in [-0.1, -0.05) is 91.6 Å². The van der Waals surface area contributed by atoms with E-state index in [1.807, 2.05) is 0 Å². The second kappa shape index (κ2) is 8.11. The van der Waals surface area contributed by atoms with Crippen LogP contribution < -0.4 is 26.4 Å². The number of benzene rings is 4. The first-order valence-electron chi connectivity index (χ1n) is 10.2. The summed E-state index contributed by atoms with van der Waals surface area (Å²) >= 11 is 0. The van der Waals surface area contributed by atoms with Crippen molar-refractivity contribution in [3.63, 3.8) is 0 Å². The molecule has 0 spiro atoms. The molecule has 0 atom stereocenters. The van der Waals surface area contributed by atoms with Gasteiger partial charge in [0.05, 0.1) is 8.07 Å². The summed E-state index contributed by atoms with van der Waals surface area (Å²) in [6.07, 6.45) is 0. The molecule has 4 aromatic carbocycles. The highest BCUT2D eigenvalue weighted by Crippen LogP contribution is 2.53. The third kappa shape index (κ3) is 3.73. The zero-order valence-corrected chi connectivity index (χ0v) is 19.3. The molecular formula is C27H28PSi+. The molecule has 0 aromatic heterocycles. The fourth-order valence-corrected chi connectivity index (χ4v) is 9.44. The summed E-state index contributed by atoms with van der Waals surface area (Å²) < 4.78 is 0. The summed E-state index contributed by atoms with van der Waals surface area (Å²) in [5, 5.41) is 7.13. The summed E-state index contributed by atoms with van der Waals surface area (Å²) in [5.74, 6) is 0. The van der Waals surface area contributed by atoms with Gasteiger partial charge in [-0.25, -0.2) is 0 Å². The predicted octanol–water partition coefficient (Wildman–Crippen LogP) is 4.85. The molecule has 0 unspecified atom stereocenters. The van der Waals surface area contributed by atoms with Crippen molar-refractivity contribution in [2.75, 3.05) is 0 Å². The van der Waals surface area contributed by atoms with Crippen LogP contribution in [0.25, 0.3) is 0 Å². The molecule has 0 saturated heterocycles. The highest BCUT2D eigenvalue weighted by atomic mass is 31.2. The lowest BCUT2D eigenvalue weighted by Gasteiger charge is -2.28. The van der Waals surface area contributed by atoms with Crippen molar-refractivity contribution in [1.29, 1.82) is 0 Å². The summed E-state index contributed by atoms with van der Waals surface area (Å²) in [7, 11) is -3.30. The van der Waals surface area contributed by atoms with Crippen LogP contribution >= 0.6 is 7.26 Å². The molecule has 4 rings (SSSR count). The Bertz CT molecular complexity index is 954. The monoisotopic (exact) mass is 411 g/mol. The fourth-order valence-electron chi connectivity index (χ4n) is 4.03. The molecule has 0 heterocycles. The first-order valence-corrected chi connectivity index (χ1v) is 15.5. The molecular weight excluding hydrogens is 383 g/mol. The highest BCUT2D eigenvalue weighted by Gasteiger charge is 2.47. The largest absolute Gasteiger partial charge is 0.144 e. The Hall–Kier alpha value is -2.47. The van der Waals surface area contributed by atoms with Crippen LogP contribution in [0.15, 0.2) is 115 Å². The topological polar surface area (TPSA) is 0 Å². The SMILES string of the molecule is C[Si](C)(C)c1ccc([P+](c2ccccc2)(c2ccccc2)c2ccccc2)cc1. The maximum Gasteiger partial charge on any atom is 0.144 e. The van der Waals surface area contributed by atoms with Crippen molar-refractivity contribution in [2.24, 2.45) is 0 Å². The van der Waals surface area contributed by atoms with Gasteiger partial charge in [-0.15, -0.1) is 0 Å². The van der Waals surface area contributed by atoms with Crippen LogP contribution in [-0.2, 0) is 0 Å². The van der Waals surface area contributed by atoms with Crippen molar-refractivity contribution in [1.82, 2.24) is 0 Å².